The van der Waals surface area contributed by atoms with Crippen molar-refractivity contribution in [3.05, 3.63) is 18.1 Å². The molecule has 1 aliphatic carbocycles. The molecular weight excluding hydrogens is 352 g/mol. The summed E-state index contributed by atoms with van der Waals surface area (Å²) in [4.78, 5) is 25.6. The van der Waals surface area contributed by atoms with Crippen LogP contribution in [0, 0.1) is 11.8 Å². The van der Waals surface area contributed by atoms with Crippen LogP contribution in [0.4, 0.5) is 10.6 Å². The fourth-order valence-electron chi connectivity index (χ4n) is 4.62. The zero-order valence-corrected chi connectivity index (χ0v) is 17.6. The summed E-state index contributed by atoms with van der Waals surface area (Å²) in [6.07, 6.45) is 8.78. The standard InChI is InChI=1S/C22H34N4O2/c1-22(2,3)28-21(27)26-12-8-17(9-13-26)16-6-10-25(11-7-16)20-14-19(18-4-5-18)23-15-24-20/h14-18H,4-13H2,1-3H3. The van der Waals surface area contributed by atoms with E-state index in [0.29, 0.717) is 5.92 Å². The first-order chi connectivity index (χ1) is 13.4. The lowest BCUT2D eigenvalue weighted by atomic mass is 9.79. The minimum Gasteiger partial charge on any atom is -0.444 e. The highest BCUT2D eigenvalue weighted by atomic mass is 16.6. The maximum atomic E-state index is 12.3. The zero-order valence-electron chi connectivity index (χ0n) is 17.6. The molecule has 3 heterocycles. The number of piperidine rings is 2. The Labute approximate surface area is 168 Å². The predicted molar refractivity (Wildman–Crippen MR) is 109 cm³/mol. The molecule has 1 aromatic rings. The topological polar surface area (TPSA) is 58.6 Å². The number of hydrogen-bond acceptors (Lipinski definition) is 5. The van der Waals surface area contributed by atoms with Gasteiger partial charge in [-0.2, -0.15) is 0 Å². The minimum atomic E-state index is -0.416. The molecule has 3 fully saturated rings. The third-order valence-corrected chi connectivity index (χ3v) is 6.39. The fraction of sp³-hybridized carbons (Fsp3) is 0.773. The number of aromatic nitrogens is 2. The van der Waals surface area contributed by atoms with Gasteiger partial charge in [0.05, 0.1) is 0 Å². The summed E-state index contributed by atoms with van der Waals surface area (Å²) >= 11 is 0. The number of amides is 1. The molecule has 0 aromatic carbocycles. The first kappa shape index (κ1) is 19.5. The van der Waals surface area contributed by atoms with E-state index in [-0.39, 0.29) is 6.09 Å². The Balaban J connectivity index is 1.25. The lowest BCUT2D eigenvalue weighted by Crippen LogP contribution is -2.44. The second-order valence-electron chi connectivity index (χ2n) is 9.70. The van der Waals surface area contributed by atoms with Gasteiger partial charge in [-0.15, -0.1) is 0 Å². The summed E-state index contributed by atoms with van der Waals surface area (Å²) in [5.41, 5.74) is 0.808. The van der Waals surface area contributed by atoms with Crippen LogP contribution in [0.15, 0.2) is 12.4 Å². The zero-order chi connectivity index (χ0) is 19.7. The molecule has 0 atom stereocenters. The van der Waals surface area contributed by atoms with E-state index in [9.17, 15) is 4.79 Å². The molecule has 6 heteroatoms. The molecule has 2 aliphatic heterocycles. The van der Waals surface area contributed by atoms with Crippen molar-refractivity contribution in [2.75, 3.05) is 31.1 Å². The average molecular weight is 387 g/mol. The Kier molecular flexibility index (Phi) is 5.48. The summed E-state index contributed by atoms with van der Waals surface area (Å²) in [6, 6.07) is 2.21. The third kappa shape index (κ3) is 4.76. The van der Waals surface area contributed by atoms with Gasteiger partial charge in [0, 0.05) is 43.9 Å². The number of carbonyl (C=O) groups excluding carboxylic acids is 1. The van der Waals surface area contributed by atoms with E-state index in [1.807, 2.05) is 25.7 Å². The van der Waals surface area contributed by atoms with Gasteiger partial charge in [0.1, 0.15) is 17.7 Å². The molecule has 1 aromatic heterocycles. The van der Waals surface area contributed by atoms with E-state index < -0.39 is 5.60 Å². The molecule has 4 rings (SSSR count). The van der Waals surface area contributed by atoms with Gasteiger partial charge in [-0.3, -0.25) is 0 Å². The first-order valence-corrected chi connectivity index (χ1v) is 10.9. The van der Waals surface area contributed by atoms with Gasteiger partial charge in [-0.05, 0) is 71.1 Å². The molecule has 0 bridgehead atoms. The largest absolute Gasteiger partial charge is 0.444 e. The van der Waals surface area contributed by atoms with E-state index in [2.05, 4.69) is 20.9 Å². The van der Waals surface area contributed by atoms with Crippen molar-refractivity contribution in [3.63, 3.8) is 0 Å². The maximum Gasteiger partial charge on any atom is 0.410 e. The van der Waals surface area contributed by atoms with Crippen LogP contribution in [0.1, 0.15) is 70.9 Å². The summed E-state index contributed by atoms with van der Waals surface area (Å²) in [7, 11) is 0. The lowest BCUT2D eigenvalue weighted by molar-refractivity contribution is 0.0152. The van der Waals surface area contributed by atoms with Crippen LogP contribution < -0.4 is 4.90 Å². The van der Waals surface area contributed by atoms with Crippen LogP contribution in [0.3, 0.4) is 0 Å². The van der Waals surface area contributed by atoms with Crippen LogP contribution in [0.2, 0.25) is 0 Å². The minimum absolute atomic E-state index is 0.156. The Hall–Kier alpha value is -1.85. The van der Waals surface area contributed by atoms with Crippen molar-refractivity contribution in [1.82, 2.24) is 14.9 Å². The monoisotopic (exact) mass is 386 g/mol. The van der Waals surface area contributed by atoms with Crippen molar-refractivity contribution < 1.29 is 9.53 Å². The average Bonchev–Trinajstić information content (AvgIpc) is 3.52. The summed E-state index contributed by atoms with van der Waals surface area (Å²) < 4.78 is 5.52. The van der Waals surface area contributed by atoms with Gasteiger partial charge >= 0.3 is 6.09 Å². The Morgan fingerprint density at radius 1 is 0.964 bits per heavy atom. The van der Waals surface area contributed by atoms with Gasteiger partial charge in [0.15, 0.2) is 0 Å². The van der Waals surface area contributed by atoms with E-state index >= 15 is 0 Å². The van der Waals surface area contributed by atoms with E-state index in [4.69, 9.17) is 4.74 Å². The molecule has 1 amide bonds. The van der Waals surface area contributed by atoms with E-state index in [1.54, 1.807) is 6.33 Å². The molecule has 2 saturated heterocycles. The molecular formula is C22H34N4O2. The summed E-state index contributed by atoms with van der Waals surface area (Å²) in [6.45, 7) is 9.60. The number of anilines is 1. The Bertz CT molecular complexity index is 682. The molecule has 28 heavy (non-hydrogen) atoms. The smallest absolute Gasteiger partial charge is 0.410 e. The van der Waals surface area contributed by atoms with Crippen molar-refractivity contribution in [2.24, 2.45) is 11.8 Å². The Morgan fingerprint density at radius 3 is 2.14 bits per heavy atom. The molecule has 0 spiro atoms. The van der Waals surface area contributed by atoms with Crippen LogP contribution in [0.5, 0.6) is 0 Å². The molecule has 6 nitrogen and oxygen atoms in total. The van der Waals surface area contributed by atoms with Crippen LogP contribution >= 0.6 is 0 Å². The first-order valence-electron chi connectivity index (χ1n) is 10.9. The van der Waals surface area contributed by atoms with Gasteiger partial charge in [0.2, 0.25) is 0 Å². The number of likely N-dealkylation sites (tertiary alicyclic amines) is 1. The normalized spacial score (nSPS) is 22.4. The van der Waals surface area contributed by atoms with Gasteiger partial charge in [-0.25, -0.2) is 14.8 Å². The van der Waals surface area contributed by atoms with Crippen LogP contribution in [-0.2, 0) is 4.74 Å². The van der Waals surface area contributed by atoms with Crippen LogP contribution in [-0.4, -0.2) is 52.7 Å². The van der Waals surface area contributed by atoms with Crippen LogP contribution in [0.25, 0.3) is 0 Å². The van der Waals surface area contributed by atoms with Gasteiger partial charge in [0.25, 0.3) is 0 Å². The van der Waals surface area contributed by atoms with Gasteiger partial charge in [-0.1, -0.05) is 0 Å². The lowest BCUT2D eigenvalue weighted by Gasteiger charge is -2.40. The SMILES string of the molecule is CC(C)(C)OC(=O)N1CCC(C2CCN(c3cc(C4CC4)ncn3)CC2)CC1. The highest BCUT2D eigenvalue weighted by Gasteiger charge is 2.33. The highest BCUT2D eigenvalue weighted by molar-refractivity contribution is 5.68. The van der Waals surface area contributed by atoms with E-state index in [0.717, 1.165) is 56.7 Å². The predicted octanol–water partition coefficient (Wildman–Crippen LogP) is 4.22. The van der Waals surface area contributed by atoms with Crippen molar-refractivity contribution in [3.8, 4) is 0 Å². The summed E-state index contributed by atoms with van der Waals surface area (Å²) in [5.74, 6) is 3.28. The van der Waals surface area contributed by atoms with Crippen molar-refractivity contribution in [1.29, 1.82) is 0 Å². The molecule has 0 radical (unpaired) electrons. The quantitative estimate of drug-likeness (QED) is 0.778. The molecule has 1 saturated carbocycles. The molecule has 0 unspecified atom stereocenters. The number of nitrogens with zero attached hydrogens (tertiary/aromatic N) is 4. The van der Waals surface area contributed by atoms with Crippen molar-refractivity contribution >= 4 is 11.9 Å². The third-order valence-electron chi connectivity index (χ3n) is 6.39. The van der Waals surface area contributed by atoms with Gasteiger partial charge < -0.3 is 14.5 Å². The maximum absolute atomic E-state index is 12.3. The second kappa shape index (κ2) is 7.88. The molecule has 0 N–H and O–H groups in total. The highest BCUT2D eigenvalue weighted by Crippen LogP contribution is 2.40. The Morgan fingerprint density at radius 2 is 1.57 bits per heavy atom. The number of hydrogen-bond donors (Lipinski definition) is 0. The number of ether oxygens (including phenoxy) is 1. The molecule has 154 valence electrons. The molecule has 3 aliphatic rings. The van der Waals surface area contributed by atoms with Crippen molar-refractivity contribution in [2.45, 2.75) is 70.8 Å². The number of rotatable bonds is 3. The summed E-state index contributed by atoms with van der Waals surface area (Å²) in [5, 5.41) is 0. The number of carbonyl (C=O) groups is 1. The second-order valence-corrected chi connectivity index (χ2v) is 9.70. The fourth-order valence-corrected chi connectivity index (χ4v) is 4.62. The van der Waals surface area contributed by atoms with E-state index in [1.165, 1.54) is 31.4 Å².